The van der Waals surface area contributed by atoms with E-state index in [0.717, 1.165) is 17.7 Å². The Morgan fingerprint density at radius 2 is 2.15 bits per heavy atom. The molecule has 0 radical (unpaired) electrons. The second-order valence-electron chi connectivity index (χ2n) is 5.63. The molecule has 0 spiro atoms. The SMILES string of the molecule is CNCc1cc(Cl)ccc1OCC(O)CC1CCCC1. The zero-order chi connectivity index (χ0) is 14.4. The van der Waals surface area contributed by atoms with E-state index in [-0.39, 0.29) is 6.10 Å². The molecule has 20 heavy (non-hydrogen) atoms. The van der Waals surface area contributed by atoms with Gasteiger partial charge in [-0.2, -0.15) is 0 Å². The Bertz CT molecular complexity index is 419. The van der Waals surface area contributed by atoms with Gasteiger partial charge in [-0.1, -0.05) is 37.3 Å². The molecular formula is C16H24ClNO2. The van der Waals surface area contributed by atoms with Crippen LogP contribution in [0.15, 0.2) is 18.2 Å². The molecule has 1 unspecified atom stereocenters. The van der Waals surface area contributed by atoms with Gasteiger partial charge in [-0.25, -0.2) is 0 Å². The fraction of sp³-hybridized carbons (Fsp3) is 0.625. The van der Waals surface area contributed by atoms with E-state index in [2.05, 4.69) is 5.32 Å². The third kappa shape index (κ3) is 4.65. The topological polar surface area (TPSA) is 41.5 Å². The largest absolute Gasteiger partial charge is 0.491 e. The van der Waals surface area contributed by atoms with Crippen molar-refractivity contribution in [1.82, 2.24) is 5.32 Å². The Hall–Kier alpha value is -0.770. The number of aliphatic hydroxyl groups excluding tert-OH is 1. The highest BCUT2D eigenvalue weighted by atomic mass is 35.5. The van der Waals surface area contributed by atoms with Crippen LogP contribution >= 0.6 is 11.6 Å². The highest BCUT2D eigenvalue weighted by Crippen LogP contribution is 2.29. The summed E-state index contributed by atoms with van der Waals surface area (Å²) < 4.78 is 5.77. The second kappa shape index (κ2) is 7.87. The van der Waals surface area contributed by atoms with Crippen molar-refractivity contribution in [3.63, 3.8) is 0 Å². The molecule has 1 fully saturated rings. The first kappa shape index (κ1) is 15.6. The minimum Gasteiger partial charge on any atom is -0.491 e. The fourth-order valence-electron chi connectivity index (χ4n) is 2.90. The maximum Gasteiger partial charge on any atom is 0.124 e. The molecule has 112 valence electrons. The van der Waals surface area contributed by atoms with Crippen molar-refractivity contribution < 1.29 is 9.84 Å². The Morgan fingerprint density at radius 1 is 1.40 bits per heavy atom. The summed E-state index contributed by atoms with van der Waals surface area (Å²) in [7, 11) is 1.89. The number of nitrogens with one attached hydrogen (secondary N) is 1. The third-order valence-corrected chi connectivity index (χ3v) is 4.14. The van der Waals surface area contributed by atoms with Gasteiger partial charge in [-0.15, -0.1) is 0 Å². The normalized spacial score (nSPS) is 17.4. The summed E-state index contributed by atoms with van der Waals surface area (Å²) in [4.78, 5) is 0. The van der Waals surface area contributed by atoms with Gasteiger partial charge >= 0.3 is 0 Å². The van der Waals surface area contributed by atoms with Crippen LogP contribution in [0.25, 0.3) is 0 Å². The van der Waals surface area contributed by atoms with Crippen LogP contribution in [0.4, 0.5) is 0 Å². The third-order valence-electron chi connectivity index (χ3n) is 3.90. The molecule has 0 heterocycles. The van der Waals surface area contributed by atoms with Crippen molar-refractivity contribution >= 4 is 11.6 Å². The highest BCUT2D eigenvalue weighted by molar-refractivity contribution is 6.30. The van der Waals surface area contributed by atoms with E-state index >= 15 is 0 Å². The number of benzene rings is 1. The molecule has 2 rings (SSSR count). The maximum atomic E-state index is 10.1. The Labute approximate surface area is 126 Å². The summed E-state index contributed by atoms with van der Waals surface area (Å²) in [6.45, 7) is 1.06. The minimum absolute atomic E-state index is 0.356. The van der Waals surface area contributed by atoms with Crippen molar-refractivity contribution in [1.29, 1.82) is 0 Å². The van der Waals surface area contributed by atoms with Crippen molar-refractivity contribution in [2.45, 2.75) is 44.8 Å². The first-order chi connectivity index (χ1) is 9.69. The monoisotopic (exact) mass is 297 g/mol. The van der Waals surface area contributed by atoms with Crippen LogP contribution in [0, 0.1) is 5.92 Å². The molecule has 1 atom stereocenters. The highest BCUT2D eigenvalue weighted by Gasteiger charge is 2.19. The van der Waals surface area contributed by atoms with E-state index < -0.39 is 0 Å². The van der Waals surface area contributed by atoms with E-state index in [0.29, 0.717) is 24.1 Å². The summed E-state index contributed by atoms with van der Waals surface area (Å²) in [5.74, 6) is 1.48. The first-order valence-electron chi connectivity index (χ1n) is 7.43. The zero-order valence-electron chi connectivity index (χ0n) is 12.1. The summed E-state index contributed by atoms with van der Waals surface area (Å²) in [5.41, 5.74) is 1.02. The average Bonchev–Trinajstić information content (AvgIpc) is 2.91. The van der Waals surface area contributed by atoms with Crippen LogP contribution in [-0.4, -0.2) is 24.9 Å². The molecule has 1 aromatic carbocycles. The molecule has 1 aliphatic rings. The lowest BCUT2D eigenvalue weighted by atomic mass is 10.0. The van der Waals surface area contributed by atoms with Crippen molar-refractivity contribution in [3.05, 3.63) is 28.8 Å². The number of hydrogen-bond donors (Lipinski definition) is 2. The number of aliphatic hydroxyl groups is 1. The predicted molar refractivity (Wildman–Crippen MR) is 82.3 cm³/mol. The van der Waals surface area contributed by atoms with Crippen molar-refractivity contribution in [2.24, 2.45) is 5.92 Å². The van der Waals surface area contributed by atoms with Crippen LogP contribution in [0.3, 0.4) is 0 Å². The lowest BCUT2D eigenvalue weighted by Gasteiger charge is -2.17. The molecule has 4 heteroatoms. The molecule has 2 N–H and O–H groups in total. The van der Waals surface area contributed by atoms with Gasteiger partial charge in [0.25, 0.3) is 0 Å². The predicted octanol–water partition coefficient (Wildman–Crippen LogP) is 3.38. The van der Waals surface area contributed by atoms with Gasteiger partial charge in [-0.3, -0.25) is 0 Å². The Kier molecular flexibility index (Phi) is 6.14. The van der Waals surface area contributed by atoms with Gasteiger partial charge < -0.3 is 15.2 Å². The lowest BCUT2D eigenvalue weighted by molar-refractivity contribution is 0.0851. The molecule has 0 aromatic heterocycles. The molecule has 1 saturated carbocycles. The van der Waals surface area contributed by atoms with Crippen LogP contribution in [0.5, 0.6) is 5.75 Å². The van der Waals surface area contributed by atoms with Crippen LogP contribution in [0.2, 0.25) is 5.02 Å². The Morgan fingerprint density at radius 3 is 2.85 bits per heavy atom. The number of ether oxygens (including phenoxy) is 1. The van der Waals surface area contributed by atoms with E-state index in [1.165, 1.54) is 25.7 Å². The quantitative estimate of drug-likeness (QED) is 0.811. The van der Waals surface area contributed by atoms with Crippen LogP contribution in [0.1, 0.15) is 37.7 Å². The summed E-state index contributed by atoms with van der Waals surface area (Å²) >= 11 is 6.00. The van der Waals surface area contributed by atoms with Gasteiger partial charge in [0.15, 0.2) is 0 Å². The molecule has 1 aliphatic carbocycles. The fourth-order valence-corrected chi connectivity index (χ4v) is 3.10. The minimum atomic E-state index is -0.379. The van der Waals surface area contributed by atoms with Gasteiger partial charge in [0.05, 0.1) is 6.10 Å². The number of hydrogen-bond acceptors (Lipinski definition) is 3. The van der Waals surface area contributed by atoms with E-state index in [4.69, 9.17) is 16.3 Å². The molecular weight excluding hydrogens is 274 g/mol. The smallest absolute Gasteiger partial charge is 0.124 e. The number of halogens is 1. The molecule has 1 aromatic rings. The molecule has 0 amide bonds. The summed E-state index contributed by atoms with van der Waals surface area (Å²) in [6.07, 6.45) is 5.60. The van der Waals surface area contributed by atoms with Crippen LogP contribution < -0.4 is 10.1 Å². The van der Waals surface area contributed by atoms with Crippen LogP contribution in [-0.2, 0) is 6.54 Å². The van der Waals surface area contributed by atoms with Crippen molar-refractivity contribution in [2.75, 3.05) is 13.7 Å². The van der Waals surface area contributed by atoms with Gasteiger partial charge in [0.1, 0.15) is 12.4 Å². The maximum absolute atomic E-state index is 10.1. The van der Waals surface area contributed by atoms with E-state index in [9.17, 15) is 5.11 Å². The van der Waals surface area contributed by atoms with Gasteiger partial charge in [-0.05, 0) is 37.6 Å². The molecule has 0 bridgehead atoms. The molecule has 3 nitrogen and oxygen atoms in total. The molecule has 0 saturated heterocycles. The lowest BCUT2D eigenvalue weighted by Crippen LogP contribution is -2.21. The van der Waals surface area contributed by atoms with E-state index in [1.54, 1.807) is 0 Å². The van der Waals surface area contributed by atoms with E-state index in [1.807, 2.05) is 25.2 Å². The molecule has 0 aliphatic heterocycles. The second-order valence-corrected chi connectivity index (χ2v) is 6.07. The first-order valence-corrected chi connectivity index (χ1v) is 7.80. The van der Waals surface area contributed by atoms with Gasteiger partial charge in [0.2, 0.25) is 0 Å². The standard InChI is InChI=1S/C16H24ClNO2/c1-18-10-13-9-14(17)6-7-16(13)20-11-15(19)8-12-4-2-3-5-12/h6-7,9,12,15,18-19H,2-5,8,10-11H2,1H3. The van der Waals surface area contributed by atoms with Gasteiger partial charge in [0, 0.05) is 17.1 Å². The van der Waals surface area contributed by atoms with Crippen molar-refractivity contribution in [3.8, 4) is 5.75 Å². The zero-order valence-corrected chi connectivity index (χ0v) is 12.8. The average molecular weight is 298 g/mol. The summed E-state index contributed by atoms with van der Waals surface area (Å²) in [6, 6.07) is 5.59. The summed E-state index contributed by atoms with van der Waals surface area (Å²) in [5, 5.41) is 13.9. The number of rotatable bonds is 7. The Balaban J connectivity index is 1.85.